The molecule has 1 aromatic rings. The first-order valence-corrected chi connectivity index (χ1v) is 7.29. The summed E-state index contributed by atoms with van der Waals surface area (Å²) in [4.78, 5) is 26.8. The number of hydrogen-bond donors (Lipinski definition) is 1. The van der Waals surface area contributed by atoms with Crippen molar-refractivity contribution < 1.29 is 9.59 Å². The highest BCUT2D eigenvalue weighted by molar-refractivity contribution is 6.13. The molecule has 1 N–H and O–H groups in total. The average Bonchev–Trinajstić information content (AvgIpc) is 3.08. The van der Waals surface area contributed by atoms with E-state index in [0.717, 1.165) is 37.2 Å². The third kappa shape index (κ3) is 2.30. The van der Waals surface area contributed by atoms with Gasteiger partial charge in [0.1, 0.15) is 5.41 Å². The third-order valence-electron chi connectivity index (χ3n) is 4.30. The first-order valence-electron chi connectivity index (χ1n) is 7.29. The minimum atomic E-state index is -0.783. The molecule has 0 atom stereocenters. The molecule has 1 saturated carbocycles. The zero-order chi connectivity index (χ0) is 14.2. The standard InChI is InChI=1S/C16H20N2O2/c1-12-4-6-13(7-5-12)17-14(19)16(8-9-16)15(20)18-10-2-3-11-18/h4-7H,2-3,8-11H2,1H3,(H,17,19). The predicted molar refractivity (Wildman–Crippen MR) is 77.3 cm³/mol. The molecular formula is C16H20N2O2. The van der Waals surface area contributed by atoms with Crippen LogP contribution in [0.4, 0.5) is 5.69 Å². The zero-order valence-corrected chi connectivity index (χ0v) is 11.8. The highest BCUT2D eigenvalue weighted by atomic mass is 16.2. The molecule has 1 aliphatic heterocycles. The molecule has 1 aliphatic carbocycles. The van der Waals surface area contributed by atoms with Gasteiger partial charge in [0.25, 0.3) is 0 Å². The van der Waals surface area contributed by atoms with Gasteiger partial charge in [-0.2, -0.15) is 0 Å². The van der Waals surface area contributed by atoms with Crippen molar-refractivity contribution in [3.8, 4) is 0 Å². The number of benzene rings is 1. The van der Waals surface area contributed by atoms with Gasteiger partial charge in [-0.3, -0.25) is 9.59 Å². The van der Waals surface area contributed by atoms with Gasteiger partial charge >= 0.3 is 0 Å². The van der Waals surface area contributed by atoms with Crippen LogP contribution in [0.3, 0.4) is 0 Å². The summed E-state index contributed by atoms with van der Waals surface area (Å²) in [5.41, 5.74) is 1.13. The molecule has 2 fully saturated rings. The molecule has 2 aliphatic rings. The maximum atomic E-state index is 12.5. The number of nitrogens with zero attached hydrogens (tertiary/aromatic N) is 1. The fourth-order valence-electron chi connectivity index (χ4n) is 2.77. The van der Waals surface area contributed by atoms with Gasteiger partial charge in [0.15, 0.2) is 0 Å². The largest absolute Gasteiger partial charge is 0.342 e. The summed E-state index contributed by atoms with van der Waals surface area (Å²) in [6.07, 6.45) is 3.48. The van der Waals surface area contributed by atoms with Crippen LogP contribution >= 0.6 is 0 Å². The lowest BCUT2D eigenvalue weighted by molar-refractivity contribution is -0.141. The molecule has 1 aromatic carbocycles. The number of anilines is 1. The van der Waals surface area contributed by atoms with Crippen LogP contribution < -0.4 is 5.32 Å². The van der Waals surface area contributed by atoms with Crippen LogP contribution in [0.15, 0.2) is 24.3 Å². The van der Waals surface area contributed by atoms with Crippen molar-refractivity contribution in [2.24, 2.45) is 5.41 Å². The monoisotopic (exact) mass is 272 g/mol. The molecule has 1 saturated heterocycles. The lowest BCUT2D eigenvalue weighted by Crippen LogP contribution is -2.41. The number of aryl methyl sites for hydroxylation is 1. The maximum absolute atomic E-state index is 12.5. The van der Waals surface area contributed by atoms with Crippen LogP contribution in [0.5, 0.6) is 0 Å². The van der Waals surface area contributed by atoms with E-state index in [2.05, 4.69) is 5.32 Å². The van der Waals surface area contributed by atoms with E-state index < -0.39 is 5.41 Å². The van der Waals surface area contributed by atoms with Gasteiger partial charge < -0.3 is 10.2 Å². The Kier molecular flexibility index (Phi) is 3.24. The molecule has 106 valence electrons. The Morgan fingerprint density at radius 3 is 2.25 bits per heavy atom. The fourth-order valence-corrected chi connectivity index (χ4v) is 2.77. The van der Waals surface area contributed by atoms with Gasteiger partial charge in [-0.25, -0.2) is 0 Å². The smallest absolute Gasteiger partial charge is 0.240 e. The first kappa shape index (κ1) is 13.2. The van der Waals surface area contributed by atoms with Gasteiger partial charge in [0.2, 0.25) is 11.8 Å². The van der Waals surface area contributed by atoms with Crippen LogP contribution in [-0.2, 0) is 9.59 Å². The molecule has 3 rings (SSSR count). The van der Waals surface area contributed by atoms with Crippen LogP contribution in [-0.4, -0.2) is 29.8 Å². The molecule has 4 heteroatoms. The molecule has 0 spiro atoms. The van der Waals surface area contributed by atoms with Gasteiger partial charge in [0, 0.05) is 18.8 Å². The van der Waals surface area contributed by atoms with Gasteiger partial charge in [-0.15, -0.1) is 0 Å². The number of carbonyl (C=O) groups is 2. The second-order valence-corrected chi connectivity index (χ2v) is 5.90. The van der Waals surface area contributed by atoms with E-state index in [1.165, 1.54) is 0 Å². The molecule has 0 unspecified atom stereocenters. The highest BCUT2D eigenvalue weighted by Gasteiger charge is 2.58. The molecular weight excluding hydrogens is 252 g/mol. The Morgan fingerprint density at radius 1 is 1.10 bits per heavy atom. The number of amides is 2. The molecule has 0 bridgehead atoms. The Morgan fingerprint density at radius 2 is 1.70 bits per heavy atom. The molecule has 20 heavy (non-hydrogen) atoms. The SMILES string of the molecule is Cc1ccc(NC(=O)C2(C(=O)N3CCCC3)CC2)cc1. The van der Waals surface area contributed by atoms with E-state index in [1.54, 1.807) is 0 Å². The fraction of sp³-hybridized carbons (Fsp3) is 0.500. The molecule has 4 nitrogen and oxygen atoms in total. The second kappa shape index (κ2) is 4.93. The van der Waals surface area contributed by atoms with Crippen molar-refractivity contribution in [2.75, 3.05) is 18.4 Å². The van der Waals surface area contributed by atoms with E-state index in [1.807, 2.05) is 36.1 Å². The number of carbonyl (C=O) groups excluding carboxylic acids is 2. The second-order valence-electron chi connectivity index (χ2n) is 5.90. The summed E-state index contributed by atoms with van der Waals surface area (Å²) < 4.78 is 0. The number of likely N-dealkylation sites (tertiary alicyclic amines) is 1. The molecule has 2 amide bonds. The highest BCUT2D eigenvalue weighted by Crippen LogP contribution is 2.48. The van der Waals surface area contributed by atoms with Gasteiger partial charge in [-0.1, -0.05) is 17.7 Å². The minimum absolute atomic E-state index is 0.0274. The topological polar surface area (TPSA) is 49.4 Å². The van der Waals surface area contributed by atoms with Crippen molar-refractivity contribution in [3.63, 3.8) is 0 Å². The van der Waals surface area contributed by atoms with E-state index in [4.69, 9.17) is 0 Å². The number of rotatable bonds is 3. The van der Waals surface area contributed by atoms with Crippen molar-refractivity contribution >= 4 is 17.5 Å². The first-order chi connectivity index (χ1) is 9.62. The number of nitrogens with one attached hydrogen (secondary N) is 1. The Hall–Kier alpha value is -1.84. The summed E-state index contributed by atoms with van der Waals surface area (Å²) in [7, 11) is 0. The van der Waals surface area contributed by atoms with Gasteiger partial charge in [0.05, 0.1) is 0 Å². The van der Waals surface area contributed by atoms with Crippen LogP contribution in [0, 0.1) is 12.3 Å². The van der Waals surface area contributed by atoms with E-state index in [-0.39, 0.29) is 11.8 Å². The van der Waals surface area contributed by atoms with Crippen molar-refractivity contribution in [2.45, 2.75) is 32.6 Å². The van der Waals surface area contributed by atoms with Gasteiger partial charge in [-0.05, 0) is 44.7 Å². The minimum Gasteiger partial charge on any atom is -0.342 e. The van der Waals surface area contributed by atoms with Crippen molar-refractivity contribution in [3.05, 3.63) is 29.8 Å². The Balaban J connectivity index is 1.69. The van der Waals surface area contributed by atoms with Crippen LogP contribution in [0.1, 0.15) is 31.2 Å². The number of hydrogen-bond acceptors (Lipinski definition) is 2. The average molecular weight is 272 g/mol. The quantitative estimate of drug-likeness (QED) is 0.859. The van der Waals surface area contributed by atoms with Crippen molar-refractivity contribution in [1.29, 1.82) is 0 Å². The van der Waals surface area contributed by atoms with E-state index in [0.29, 0.717) is 12.8 Å². The normalized spacial score (nSPS) is 19.8. The lowest BCUT2D eigenvalue weighted by atomic mass is 10.0. The molecule has 0 radical (unpaired) electrons. The summed E-state index contributed by atoms with van der Waals surface area (Å²) in [6.45, 7) is 3.61. The Bertz CT molecular complexity index is 526. The molecule has 1 heterocycles. The summed E-state index contributed by atoms with van der Waals surface area (Å²) in [5, 5.41) is 2.89. The predicted octanol–water partition coefficient (Wildman–Crippen LogP) is 2.34. The van der Waals surface area contributed by atoms with Crippen LogP contribution in [0.25, 0.3) is 0 Å². The third-order valence-corrected chi connectivity index (χ3v) is 4.30. The van der Waals surface area contributed by atoms with Crippen LogP contribution in [0.2, 0.25) is 0 Å². The summed E-state index contributed by atoms with van der Waals surface area (Å²) in [5.74, 6) is -0.113. The molecule has 0 aromatic heterocycles. The van der Waals surface area contributed by atoms with E-state index in [9.17, 15) is 9.59 Å². The summed E-state index contributed by atoms with van der Waals surface area (Å²) in [6, 6.07) is 7.67. The lowest BCUT2D eigenvalue weighted by Gasteiger charge is -2.22. The van der Waals surface area contributed by atoms with Crippen molar-refractivity contribution in [1.82, 2.24) is 4.90 Å². The Labute approximate surface area is 119 Å². The summed E-state index contributed by atoms with van der Waals surface area (Å²) >= 11 is 0. The maximum Gasteiger partial charge on any atom is 0.240 e. The van der Waals surface area contributed by atoms with E-state index >= 15 is 0 Å². The zero-order valence-electron chi connectivity index (χ0n) is 11.8.